The lowest BCUT2D eigenvalue weighted by atomic mass is 10.5. The van der Waals surface area contributed by atoms with E-state index in [-0.39, 0.29) is 0 Å². The number of fused-ring (bicyclic) bond motifs is 1. The molecule has 0 bridgehead atoms. The number of nitrogens with one attached hydrogen (secondary N) is 1. The van der Waals surface area contributed by atoms with Gasteiger partial charge in [-0.05, 0) is 0 Å². The number of H-pyrrole nitrogens is 1. The van der Waals surface area contributed by atoms with E-state index in [0.717, 1.165) is 0 Å². The van der Waals surface area contributed by atoms with Crippen molar-refractivity contribution in [1.82, 2.24) is 20.2 Å². The molecule has 10 heavy (non-hydrogen) atoms. The van der Waals surface area contributed by atoms with E-state index in [1.165, 1.54) is 12.4 Å². The van der Waals surface area contributed by atoms with Crippen molar-refractivity contribution < 1.29 is 5.11 Å². The highest BCUT2D eigenvalue weighted by Gasteiger charge is 1.98. The SMILES string of the molecule is [O]c1ncc2[nH]ncc2n1. The lowest BCUT2D eigenvalue weighted by molar-refractivity contribution is 0.321. The molecule has 0 aromatic carbocycles. The van der Waals surface area contributed by atoms with Crippen molar-refractivity contribution in [3.63, 3.8) is 0 Å². The summed E-state index contributed by atoms with van der Waals surface area (Å²) in [6.07, 6.45) is 2.90. The van der Waals surface area contributed by atoms with Crippen LogP contribution in [0, 0.1) is 0 Å². The fourth-order valence-corrected chi connectivity index (χ4v) is 0.726. The van der Waals surface area contributed by atoms with E-state index in [4.69, 9.17) is 0 Å². The van der Waals surface area contributed by atoms with Crippen LogP contribution in [0.2, 0.25) is 0 Å². The first-order chi connectivity index (χ1) is 4.86. The summed E-state index contributed by atoms with van der Waals surface area (Å²) in [7, 11) is 0. The molecule has 0 fully saturated rings. The number of nitrogens with zero attached hydrogens (tertiary/aromatic N) is 3. The van der Waals surface area contributed by atoms with Crippen LogP contribution < -0.4 is 0 Å². The molecule has 0 aliphatic carbocycles. The summed E-state index contributed by atoms with van der Waals surface area (Å²) in [5, 5.41) is 16.8. The first kappa shape index (κ1) is 5.16. The highest BCUT2D eigenvalue weighted by molar-refractivity contribution is 5.71. The summed E-state index contributed by atoms with van der Waals surface area (Å²) < 4.78 is 0. The largest absolute Gasteiger partial charge is 0.367 e. The predicted octanol–water partition coefficient (Wildman–Crippen LogP) is 0.497. The second-order valence-electron chi connectivity index (χ2n) is 1.82. The number of hydrogen-bond acceptors (Lipinski definition) is 3. The Hall–Kier alpha value is -1.65. The van der Waals surface area contributed by atoms with Crippen LogP contribution in [-0.2, 0) is 5.11 Å². The molecule has 5 nitrogen and oxygen atoms in total. The average Bonchev–Trinajstić information content (AvgIpc) is 2.33. The van der Waals surface area contributed by atoms with E-state index in [0.29, 0.717) is 11.0 Å². The second kappa shape index (κ2) is 1.66. The van der Waals surface area contributed by atoms with E-state index < -0.39 is 6.01 Å². The molecule has 2 aromatic rings. The summed E-state index contributed by atoms with van der Waals surface area (Å²) in [5.74, 6) is 0. The Morgan fingerprint density at radius 1 is 1.40 bits per heavy atom. The highest BCUT2D eigenvalue weighted by atomic mass is 16.3. The molecule has 2 aromatic heterocycles. The first-order valence-corrected chi connectivity index (χ1v) is 2.69. The Morgan fingerprint density at radius 2 is 2.30 bits per heavy atom. The summed E-state index contributed by atoms with van der Waals surface area (Å²) in [4.78, 5) is 7.02. The van der Waals surface area contributed by atoms with Crippen molar-refractivity contribution in [2.45, 2.75) is 0 Å². The van der Waals surface area contributed by atoms with Crippen LogP contribution in [-0.4, -0.2) is 20.2 Å². The summed E-state index contributed by atoms with van der Waals surface area (Å²) >= 11 is 0. The molecule has 1 N–H and O–H groups in total. The molecule has 0 aliphatic heterocycles. The quantitative estimate of drug-likeness (QED) is 0.571. The summed E-state index contributed by atoms with van der Waals surface area (Å²) in [6.45, 7) is 0. The lowest BCUT2D eigenvalue weighted by Crippen LogP contribution is -1.77. The van der Waals surface area contributed by atoms with E-state index in [1.54, 1.807) is 0 Å². The van der Waals surface area contributed by atoms with Crippen molar-refractivity contribution >= 4 is 11.0 Å². The monoisotopic (exact) mass is 135 g/mol. The highest BCUT2D eigenvalue weighted by Crippen LogP contribution is 2.08. The van der Waals surface area contributed by atoms with Crippen molar-refractivity contribution in [2.75, 3.05) is 0 Å². The van der Waals surface area contributed by atoms with E-state index in [1.807, 2.05) is 0 Å². The van der Waals surface area contributed by atoms with Crippen LogP contribution in [0.4, 0.5) is 0 Å². The average molecular weight is 135 g/mol. The molecule has 2 rings (SSSR count). The first-order valence-electron chi connectivity index (χ1n) is 2.69. The molecule has 1 radical (unpaired) electrons. The number of hydrogen-bond donors (Lipinski definition) is 1. The van der Waals surface area contributed by atoms with Crippen molar-refractivity contribution in [1.29, 1.82) is 0 Å². The van der Waals surface area contributed by atoms with Gasteiger partial charge in [0, 0.05) is 0 Å². The smallest absolute Gasteiger partial charge is 0.275 e. The van der Waals surface area contributed by atoms with Gasteiger partial charge in [-0.25, -0.2) is 5.11 Å². The van der Waals surface area contributed by atoms with E-state index in [9.17, 15) is 5.11 Å². The molecule has 5 heteroatoms. The Labute approximate surface area is 55.7 Å². The van der Waals surface area contributed by atoms with Crippen molar-refractivity contribution in [3.05, 3.63) is 12.4 Å². The van der Waals surface area contributed by atoms with Gasteiger partial charge in [0.2, 0.25) is 0 Å². The third-order valence-electron chi connectivity index (χ3n) is 1.17. The molecule has 0 saturated heterocycles. The van der Waals surface area contributed by atoms with Crippen molar-refractivity contribution in [3.8, 4) is 6.01 Å². The molecule has 0 aliphatic rings. The van der Waals surface area contributed by atoms with Crippen molar-refractivity contribution in [2.24, 2.45) is 0 Å². The minimum atomic E-state index is -0.478. The number of rotatable bonds is 0. The van der Waals surface area contributed by atoms with Crippen LogP contribution in [0.3, 0.4) is 0 Å². The van der Waals surface area contributed by atoms with Crippen LogP contribution in [0.1, 0.15) is 0 Å². The zero-order chi connectivity index (χ0) is 6.97. The normalized spacial score (nSPS) is 10.4. The van der Waals surface area contributed by atoms with Gasteiger partial charge in [0.05, 0.1) is 12.4 Å². The number of aromatic amines is 1. The molecule has 0 atom stereocenters. The van der Waals surface area contributed by atoms with Gasteiger partial charge in [-0.2, -0.15) is 15.1 Å². The molecular weight excluding hydrogens is 132 g/mol. The van der Waals surface area contributed by atoms with Gasteiger partial charge in [0.25, 0.3) is 0 Å². The summed E-state index contributed by atoms with van der Waals surface area (Å²) in [6, 6.07) is -0.478. The molecule has 0 saturated carbocycles. The number of aromatic nitrogens is 4. The maximum atomic E-state index is 10.5. The van der Waals surface area contributed by atoms with Gasteiger partial charge < -0.3 is 0 Å². The molecule has 49 valence electrons. The standard InChI is InChI=1S/C5H3N4O/c10-5-6-1-4-3(8-5)2-7-9-4/h1-2H,(H,7,9). The third-order valence-corrected chi connectivity index (χ3v) is 1.17. The van der Waals surface area contributed by atoms with Gasteiger partial charge in [0.15, 0.2) is 0 Å². The zero-order valence-electron chi connectivity index (χ0n) is 4.90. The maximum Gasteiger partial charge on any atom is 0.367 e. The molecule has 0 unspecified atom stereocenters. The Bertz CT molecular complexity index is 355. The van der Waals surface area contributed by atoms with Crippen LogP contribution in [0.15, 0.2) is 12.4 Å². The molecule has 0 amide bonds. The zero-order valence-corrected chi connectivity index (χ0v) is 4.90. The molecular formula is C5H3N4O. The molecule has 2 heterocycles. The fourth-order valence-electron chi connectivity index (χ4n) is 0.726. The maximum absolute atomic E-state index is 10.5. The van der Waals surface area contributed by atoms with Crippen LogP contribution in [0.5, 0.6) is 6.01 Å². The minimum Gasteiger partial charge on any atom is -0.275 e. The summed E-state index contributed by atoms with van der Waals surface area (Å²) in [5.41, 5.74) is 1.24. The van der Waals surface area contributed by atoms with Gasteiger partial charge in [-0.3, -0.25) is 5.10 Å². The Balaban J connectivity index is 2.86. The van der Waals surface area contributed by atoms with E-state index >= 15 is 0 Å². The minimum absolute atomic E-state index is 0.478. The lowest BCUT2D eigenvalue weighted by Gasteiger charge is -1.83. The van der Waals surface area contributed by atoms with Gasteiger partial charge in [-0.15, -0.1) is 0 Å². The van der Waals surface area contributed by atoms with Crippen LogP contribution >= 0.6 is 0 Å². The van der Waals surface area contributed by atoms with Crippen LogP contribution in [0.25, 0.3) is 11.0 Å². The fraction of sp³-hybridized carbons (Fsp3) is 0. The predicted molar refractivity (Wildman–Crippen MR) is 31.8 cm³/mol. The van der Waals surface area contributed by atoms with Gasteiger partial charge >= 0.3 is 6.01 Å². The topological polar surface area (TPSA) is 74.4 Å². The van der Waals surface area contributed by atoms with Gasteiger partial charge in [-0.1, -0.05) is 0 Å². The third kappa shape index (κ3) is 0.604. The Morgan fingerprint density at radius 3 is 3.20 bits per heavy atom. The van der Waals surface area contributed by atoms with E-state index in [2.05, 4.69) is 20.2 Å². The second-order valence-corrected chi connectivity index (χ2v) is 1.82. The Kier molecular flexibility index (Phi) is 0.858. The van der Waals surface area contributed by atoms with Gasteiger partial charge in [0.1, 0.15) is 11.0 Å². The molecule has 0 spiro atoms.